The fourth-order valence-corrected chi connectivity index (χ4v) is 2.93. The molecule has 0 aliphatic rings. The molecule has 0 saturated carbocycles. The summed E-state index contributed by atoms with van der Waals surface area (Å²) in [5.74, 6) is 0.0702. The number of aryl methyl sites for hydroxylation is 1. The number of pyridine rings is 1. The van der Waals surface area contributed by atoms with E-state index in [4.69, 9.17) is 0 Å². The first kappa shape index (κ1) is 17.7. The molecular weight excluding hydrogens is 361 g/mol. The molecule has 0 bridgehead atoms. The molecule has 0 unspecified atom stereocenters. The van der Waals surface area contributed by atoms with Crippen molar-refractivity contribution >= 4 is 22.8 Å². The molecule has 0 aliphatic heterocycles. The van der Waals surface area contributed by atoms with Crippen LogP contribution in [0.15, 0.2) is 48.9 Å². The third-order valence-electron chi connectivity index (χ3n) is 4.38. The summed E-state index contributed by atoms with van der Waals surface area (Å²) in [7, 11) is 1.84. The molecule has 0 fully saturated rings. The van der Waals surface area contributed by atoms with Crippen molar-refractivity contribution < 1.29 is 9.18 Å². The molecule has 0 spiro atoms. The molecule has 28 heavy (non-hydrogen) atoms. The largest absolute Gasteiger partial charge is 0.331 e. The van der Waals surface area contributed by atoms with Crippen LogP contribution in [0.25, 0.3) is 22.2 Å². The summed E-state index contributed by atoms with van der Waals surface area (Å²) in [6.45, 7) is 1.82. The first-order valence-corrected chi connectivity index (χ1v) is 8.66. The van der Waals surface area contributed by atoms with E-state index in [2.05, 4.69) is 30.9 Å². The quantitative estimate of drug-likeness (QED) is 0.506. The molecule has 2 amide bonds. The second kappa shape index (κ2) is 7.10. The van der Waals surface area contributed by atoms with Crippen molar-refractivity contribution in [1.82, 2.24) is 30.3 Å². The van der Waals surface area contributed by atoms with E-state index < -0.39 is 6.03 Å². The third kappa shape index (κ3) is 3.54. The van der Waals surface area contributed by atoms with Gasteiger partial charge in [-0.25, -0.2) is 14.2 Å². The highest BCUT2D eigenvalue weighted by Gasteiger charge is 2.13. The Labute approximate surface area is 159 Å². The van der Waals surface area contributed by atoms with Crippen molar-refractivity contribution in [3.8, 4) is 11.3 Å². The number of aromatic amines is 1. The predicted octanol–water partition coefficient (Wildman–Crippen LogP) is 3.38. The van der Waals surface area contributed by atoms with Crippen molar-refractivity contribution in [2.45, 2.75) is 13.0 Å². The average Bonchev–Trinajstić information content (AvgIpc) is 3.27. The number of anilines is 1. The van der Waals surface area contributed by atoms with Crippen molar-refractivity contribution in [3.05, 3.63) is 60.3 Å². The zero-order chi connectivity index (χ0) is 19.7. The molecule has 9 heteroatoms. The fraction of sp³-hybridized carbons (Fsp3) is 0.158. The Hall–Kier alpha value is -3.75. The lowest BCUT2D eigenvalue weighted by Crippen LogP contribution is -2.31. The van der Waals surface area contributed by atoms with Crippen molar-refractivity contribution in [2.75, 3.05) is 5.32 Å². The molecule has 1 aromatic carbocycles. The van der Waals surface area contributed by atoms with E-state index >= 15 is 0 Å². The van der Waals surface area contributed by atoms with Gasteiger partial charge in [0.05, 0.1) is 17.8 Å². The number of nitrogens with zero attached hydrogens (tertiary/aromatic N) is 4. The Morgan fingerprint density at radius 3 is 2.75 bits per heavy atom. The van der Waals surface area contributed by atoms with Gasteiger partial charge in [-0.3, -0.25) is 15.1 Å². The van der Waals surface area contributed by atoms with E-state index in [1.54, 1.807) is 35.3 Å². The van der Waals surface area contributed by atoms with Crippen LogP contribution >= 0.6 is 0 Å². The van der Waals surface area contributed by atoms with Crippen LogP contribution in [0.3, 0.4) is 0 Å². The fourth-order valence-electron chi connectivity index (χ4n) is 2.93. The lowest BCUT2D eigenvalue weighted by molar-refractivity contribution is 0.249. The van der Waals surface area contributed by atoms with E-state index in [-0.39, 0.29) is 11.9 Å². The number of carbonyl (C=O) groups excluding carboxylic acids is 1. The first-order chi connectivity index (χ1) is 13.5. The van der Waals surface area contributed by atoms with Crippen molar-refractivity contribution in [2.24, 2.45) is 7.05 Å². The molecule has 0 saturated heterocycles. The number of halogens is 1. The van der Waals surface area contributed by atoms with E-state index in [9.17, 15) is 9.18 Å². The van der Waals surface area contributed by atoms with E-state index in [1.807, 2.05) is 20.2 Å². The molecular formula is C19H18FN7O. The van der Waals surface area contributed by atoms with Gasteiger partial charge in [-0.05, 0) is 24.6 Å². The minimum Gasteiger partial charge on any atom is -0.331 e. The van der Waals surface area contributed by atoms with Crippen LogP contribution in [0.2, 0.25) is 0 Å². The smallest absolute Gasteiger partial charge is 0.320 e. The number of rotatable bonds is 4. The number of H-pyrrole nitrogens is 1. The van der Waals surface area contributed by atoms with Gasteiger partial charge in [0, 0.05) is 36.5 Å². The molecule has 0 aliphatic carbocycles. The zero-order valence-corrected chi connectivity index (χ0v) is 15.3. The van der Waals surface area contributed by atoms with Gasteiger partial charge in [0.25, 0.3) is 0 Å². The minimum atomic E-state index is -0.407. The zero-order valence-electron chi connectivity index (χ0n) is 15.3. The number of hydrogen-bond donors (Lipinski definition) is 3. The van der Waals surface area contributed by atoms with Gasteiger partial charge < -0.3 is 5.32 Å². The van der Waals surface area contributed by atoms with Crippen LogP contribution < -0.4 is 10.6 Å². The Bertz CT molecular complexity index is 1130. The molecule has 3 aromatic heterocycles. The number of urea groups is 1. The number of nitrogens with one attached hydrogen (secondary N) is 3. The van der Waals surface area contributed by atoms with E-state index in [0.29, 0.717) is 5.82 Å². The number of amides is 2. The summed E-state index contributed by atoms with van der Waals surface area (Å²) in [5.41, 5.74) is 3.17. The van der Waals surface area contributed by atoms with Crippen LogP contribution in [-0.2, 0) is 7.05 Å². The number of benzene rings is 1. The Morgan fingerprint density at radius 2 is 2.04 bits per heavy atom. The standard InChI is InChI=1S/C19H18FN7O/c1-11(12-3-5-14(20)6-4-12)23-19(28)24-17-7-16-15(9-21-17)18(26-25-16)13-8-22-27(2)10-13/h3-11H,1-2H3,(H,25,26)(H2,21,23,24,28)/t11-/m1/s1. The number of aromatic nitrogens is 5. The third-order valence-corrected chi connectivity index (χ3v) is 4.38. The summed E-state index contributed by atoms with van der Waals surface area (Å²) in [6, 6.07) is 7.01. The molecule has 142 valence electrons. The number of carbonyl (C=O) groups is 1. The highest BCUT2D eigenvalue weighted by atomic mass is 19.1. The molecule has 0 radical (unpaired) electrons. The number of fused-ring (bicyclic) bond motifs is 1. The van der Waals surface area contributed by atoms with Crippen LogP contribution in [0.5, 0.6) is 0 Å². The molecule has 8 nitrogen and oxygen atoms in total. The van der Waals surface area contributed by atoms with Gasteiger partial charge in [0.15, 0.2) is 0 Å². The molecule has 4 aromatic rings. The predicted molar refractivity (Wildman–Crippen MR) is 103 cm³/mol. The van der Waals surface area contributed by atoms with Crippen molar-refractivity contribution in [1.29, 1.82) is 0 Å². The van der Waals surface area contributed by atoms with Crippen LogP contribution in [0.4, 0.5) is 15.0 Å². The summed E-state index contributed by atoms with van der Waals surface area (Å²) < 4.78 is 14.7. The minimum absolute atomic E-state index is 0.284. The van der Waals surface area contributed by atoms with Gasteiger partial charge >= 0.3 is 6.03 Å². The summed E-state index contributed by atoms with van der Waals surface area (Å²) in [4.78, 5) is 16.6. The normalized spacial score (nSPS) is 12.1. The maximum Gasteiger partial charge on any atom is 0.320 e. The lowest BCUT2D eigenvalue weighted by atomic mass is 10.1. The number of hydrogen-bond acceptors (Lipinski definition) is 4. The average molecular weight is 379 g/mol. The van der Waals surface area contributed by atoms with Crippen molar-refractivity contribution in [3.63, 3.8) is 0 Å². The lowest BCUT2D eigenvalue weighted by Gasteiger charge is -2.14. The first-order valence-electron chi connectivity index (χ1n) is 8.66. The SMILES string of the molecule is C[C@@H](NC(=O)Nc1cc2[nH]nc(-c3cnn(C)c3)c2cn1)c1ccc(F)cc1. The second-order valence-electron chi connectivity index (χ2n) is 6.46. The molecule has 3 heterocycles. The maximum absolute atomic E-state index is 13.0. The van der Waals surface area contributed by atoms with Gasteiger partial charge in [0.1, 0.15) is 17.3 Å². The summed E-state index contributed by atoms with van der Waals surface area (Å²) >= 11 is 0. The van der Waals surface area contributed by atoms with E-state index in [0.717, 1.165) is 27.7 Å². The molecule has 1 atom stereocenters. The summed E-state index contributed by atoms with van der Waals surface area (Å²) in [5, 5.41) is 17.7. The van der Waals surface area contributed by atoms with Crippen LogP contribution in [0.1, 0.15) is 18.5 Å². The highest BCUT2D eigenvalue weighted by molar-refractivity contribution is 5.95. The topological polar surface area (TPSA) is 101 Å². The van der Waals surface area contributed by atoms with Gasteiger partial charge in [-0.2, -0.15) is 10.2 Å². The van der Waals surface area contributed by atoms with Crippen LogP contribution in [0, 0.1) is 5.82 Å². The Morgan fingerprint density at radius 1 is 1.25 bits per heavy atom. The summed E-state index contributed by atoms with van der Waals surface area (Å²) in [6.07, 6.45) is 5.25. The van der Waals surface area contributed by atoms with E-state index in [1.165, 1.54) is 12.1 Å². The Kier molecular flexibility index (Phi) is 4.48. The van der Waals surface area contributed by atoms with Gasteiger partial charge in [-0.15, -0.1) is 0 Å². The maximum atomic E-state index is 13.0. The molecule has 4 rings (SSSR count). The van der Waals surface area contributed by atoms with Gasteiger partial charge in [-0.1, -0.05) is 12.1 Å². The van der Waals surface area contributed by atoms with Crippen LogP contribution in [-0.4, -0.2) is 31.0 Å². The highest BCUT2D eigenvalue weighted by Crippen LogP contribution is 2.26. The Balaban J connectivity index is 1.47. The van der Waals surface area contributed by atoms with Gasteiger partial charge in [0.2, 0.25) is 0 Å². The monoisotopic (exact) mass is 379 g/mol. The second-order valence-corrected chi connectivity index (χ2v) is 6.46. The molecule has 3 N–H and O–H groups in total.